The van der Waals surface area contributed by atoms with E-state index in [2.05, 4.69) is 15.6 Å². The molecule has 0 fully saturated rings. The van der Waals surface area contributed by atoms with E-state index in [1.54, 1.807) is 6.92 Å². The van der Waals surface area contributed by atoms with E-state index >= 15 is 0 Å². The first-order valence-corrected chi connectivity index (χ1v) is 9.10. The Labute approximate surface area is 170 Å². The molecule has 0 saturated carbocycles. The van der Waals surface area contributed by atoms with Gasteiger partial charge in [-0.2, -0.15) is 0 Å². The van der Waals surface area contributed by atoms with Crippen molar-refractivity contribution in [2.45, 2.75) is 6.92 Å². The van der Waals surface area contributed by atoms with Gasteiger partial charge in [-0.05, 0) is 36.8 Å². The van der Waals surface area contributed by atoms with Gasteiger partial charge >= 0.3 is 5.69 Å². The number of nitrogens with zero attached hydrogens (tertiary/aromatic N) is 3. The summed E-state index contributed by atoms with van der Waals surface area (Å²) in [4.78, 5) is 52.7. The Hall–Kier alpha value is -3.82. The van der Waals surface area contributed by atoms with E-state index in [1.807, 2.05) is 0 Å². The number of halogens is 1. The van der Waals surface area contributed by atoms with Crippen LogP contribution in [0.3, 0.4) is 0 Å². The van der Waals surface area contributed by atoms with Gasteiger partial charge < -0.3 is 10.6 Å². The fraction of sp³-hybridized carbons (Fsp3) is 0.250. The zero-order chi connectivity index (χ0) is 22.0. The van der Waals surface area contributed by atoms with Gasteiger partial charge in [0.1, 0.15) is 17.2 Å². The van der Waals surface area contributed by atoms with Crippen LogP contribution in [0.2, 0.25) is 0 Å². The minimum Gasteiger partial charge on any atom is -0.350 e. The maximum Gasteiger partial charge on any atom is 0.332 e. The van der Waals surface area contributed by atoms with E-state index in [-0.39, 0.29) is 35.4 Å². The Balaban J connectivity index is 1.64. The number of rotatable bonds is 5. The summed E-state index contributed by atoms with van der Waals surface area (Å²) in [6, 6.07) is 7.00. The van der Waals surface area contributed by atoms with Crippen LogP contribution in [0.4, 0.5) is 4.39 Å². The fourth-order valence-electron chi connectivity index (χ4n) is 2.86. The smallest absolute Gasteiger partial charge is 0.332 e. The maximum atomic E-state index is 13.5. The fourth-order valence-corrected chi connectivity index (χ4v) is 2.86. The van der Waals surface area contributed by atoms with Crippen molar-refractivity contribution in [3.63, 3.8) is 0 Å². The van der Waals surface area contributed by atoms with Gasteiger partial charge in [0, 0.05) is 32.7 Å². The summed E-state index contributed by atoms with van der Waals surface area (Å²) in [5.41, 5.74) is -0.293. The number of carbonyl (C=O) groups excluding carboxylic acids is 2. The van der Waals surface area contributed by atoms with Crippen molar-refractivity contribution in [3.05, 3.63) is 73.8 Å². The molecule has 3 rings (SSSR count). The number of pyridine rings is 1. The van der Waals surface area contributed by atoms with Crippen LogP contribution >= 0.6 is 0 Å². The van der Waals surface area contributed by atoms with Crippen LogP contribution in [-0.4, -0.2) is 39.0 Å². The number of carbonyl (C=O) groups is 2. The number of nitrogens with one attached hydrogen (secondary N) is 2. The Morgan fingerprint density at radius 1 is 1.00 bits per heavy atom. The molecule has 2 heterocycles. The quantitative estimate of drug-likeness (QED) is 0.582. The highest BCUT2D eigenvalue weighted by Gasteiger charge is 2.14. The minimum atomic E-state index is -0.548. The highest BCUT2D eigenvalue weighted by molar-refractivity contribution is 5.95. The highest BCUT2D eigenvalue weighted by Crippen LogP contribution is 2.09. The standard InChI is InChI=1S/C20H20FN5O4/c1-11-4-5-12(10-14(11)21)17(27)22-8-9-23-18(28)15-7-6-13-16(24-15)25(2)20(30)26(3)19(13)29/h4-7,10H,8-9H2,1-3H3,(H,22,27)(H,23,28). The number of fused-ring (bicyclic) bond motifs is 1. The van der Waals surface area contributed by atoms with Crippen LogP contribution in [0.5, 0.6) is 0 Å². The van der Waals surface area contributed by atoms with Crippen molar-refractivity contribution in [3.8, 4) is 0 Å². The molecule has 1 aromatic carbocycles. The number of hydrogen-bond acceptors (Lipinski definition) is 5. The van der Waals surface area contributed by atoms with E-state index in [1.165, 1.54) is 42.9 Å². The van der Waals surface area contributed by atoms with Gasteiger partial charge in [-0.25, -0.2) is 14.2 Å². The van der Waals surface area contributed by atoms with Gasteiger partial charge in [-0.3, -0.25) is 23.5 Å². The molecule has 0 bridgehead atoms. The van der Waals surface area contributed by atoms with Crippen molar-refractivity contribution < 1.29 is 14.0 Å². The Morgan fingerprint density at radius 2 is 1.67 bits per heavy atom. The second-order valence-electron chi connectivity index (χ2n) is 6.75. The number of aromatic nitrogens is 3. The number of amides is 2. The van der Waals surface area contributed by atoms with Gasteiger partial charge in [0.05, 0.1) is 5.39 Å². The van der Waals surface area contributed by atoms with Crippen LogP contribution in [0.15, 0.2) is 39.9 Å². The lowest BCUT2D eigenvalue weighted by Gasteiger charge is -2.09. The monoisotopic (exact) mass is 413 g/mol. The Bertz CT molecular complexity index is 1280. The summed E-state index contributed by atoms with van der Waals surface area (Å²) in [6.45, 7) is 1.82. The van der Waals surface area contributed by atoms with Gasteiger partial charge in [0.2, 0.25) is 0 Å². The summed E-state index contributed by atoms with van der Waals surface area (Å²) < 4.78 is 15.7. The lowest BCUT2D eigenvalue weighted by Crippen LogP contribution is -2.38. The van der Waals surface area contributed by atoms with E-state index in [0.29, 0.717) is 5.56 Å². The molecular formula is C20H20FN5O4. The second kappa shape index (κ2) is 8.27. The molecule has 156 valence electrons. The summed E-state index contributed by atoms with van der Waals surface area (Å²) in [7, 11) is 2.83. The molecule has 0 radical (unpaired) electrons. The molecule has 0 saturated heterocycles. The molecule has 0 spiro atoms. The predicted molar refractivity (Wildman–Crippen MR) is 108 cm³/mol. The molecule has 0 aliphatic carbocycles. The van der Waals surface area contributed by atoms with Gasteiger partial charge in [-0.1, -0.05) is 6.07 Å². The molecular weight excluding hydrogens is 393 g/mol. The summed E-state index contributed by atoms with van der Waals surface area (Å²) in [5, 5.41) is 5.39. The first-order chi connectivity index (χ1) is 14.2. The van der Waals surface area contributed by atoms with Crippen LogP contribution in [0.1, 0.15) is 26.4 Å². The number of aryl methyl sites for hydroxylation is 2. The molecule has 0 aliphatic heterocycles. The molecule has 3 aromatic rings. The average Bonchev–Trinajstić information content (AvgIpc) is 2.74. The summed E-state index contributed by atoms with van der Waals surface area (Å²) in [5.74, 6) is -1.46. The largest absolute Gasteiger partial charge is 0.350 e. The highest BCUT2D eigenvalue weighted by atomic mass is 19.1. The third kappa shape index (κ3) is 3.97. The SMILES string of the molecule is Cc1ccc(C(=O)NCCNC(=O)c2ccc3c(=O)n(C)c(=O)n(C)c3n2)cc1F. The van der Waals surface area contributed by atoms with Crippen molar-refractivity contribution in [1.82, 2.24) is 24.8 Å². The molecule has 9 nitrogen and oxygen atoms in total. The molecule has 2 amide bonds. The van der Waals surface area contributed by atoms with Gasteiger partial charge in [-0.15, -0.1) is 0 Å². The zero-order valence-corrected chi connectivity index (χ0v) is 16.7. The van der Waals surface area contributed by atoms with Crippen LogP contribution in [0, 0.1) is 12.7 Å². The lowest BCUT2D eigenvalue weighted by atomic mass is 10.1. The zero-order valence-electron chi connectivity index (χ0n) is 16.7. The van der Waals surface area contributed by atoms with Crippen LogP contribution in [0.25, 0.3) is 11.0 Å². The van der Waals surface area contributed by atoms with Crippen molar-refractivity contribution in [2.24, 2.45) is 14.1 Å². The summed E-state index contributed by atoms with van der Waals surface area (Å²) >= 11 is 0. The minimum absolute atomic E-state index is 0.0256. The number of hydrogen-bond donors (Lipinski definition) is 2. The van der Waals surface area contributed by atoms with E-state index < -0.39 is 28.9 Å². The van der Waals surface area contributed by atoms with Gasteiger partial charge in [0.15, 0.2) is 0 Å². The maximum absolute atomic E-state index is 13.5. The van der Waals surface area contributed by atoms with E-state index in [9.17, 15) is 23.6 Å². The van der Waals surface area contributed by atoms with Crippen molar-refractivity contribution >= 4 is 22.8 Å². The second-order valence-corrected chi connectivity index (χ2v) is 6.75. The topological polar surface area (TPSA) is 115 Å². The van der Waals surface area contributed by atoms with Gasteiger partial charge in [0.25, 0.3) is 17.4 Å². The van der Waals surface area contributed by atoms with Crippen molar-refractivity contribution in [1.29, 1.82) is 0 Å². The average molecular weight is 413 g/mol. The normalized spacial score (nSPS) is 10.8. The third-order valence-electron chi connectivity index (χ3n) is 4.66. The molecule has 0 unspecified atom stereocenters. The Kier molecular flexibility index (Phi) is 5.77. The number of benzene rings is 1. The van der Waals surface area contributed by atoms with Crippen molar-refractivity contribution in [2.75, 3.05) is 13.1 Å². The molecule has 10 heteroatoms. The van der Waals surface area contributed by atoms with Crippen LogP contribution < -0.4 is 21.9 Å². The lowest BCUT2D eigenvalue weighted by molar-refractivity contribution is 0.0925. The van der Waals surface area contributed by atoms with Crippen LogP contribution in [-0.2, 0) is 14.1 Å². The third-order valence-corrected chi connectivity index (χ3v) is 4.66. The first-order valence-electron chi connectivity index (χ1n) is 9.10. The molecule has 2 aromatic heterocycles. The first kappa shape index (κ1) is 20.9. The van der Waals surface area contributed by atoms with E-state index in [4.69, 9.17) is 0 Å². The predicted octanol–water partition coefficient (Wildman–Crippen LogP) is 0.240. The molecule has 30 heavy (non-hydrogen) atoms. The van der Waals surface area contributed by atoms with E-state index in [0.717, 1.165) is 10.6 Å². The molecule has 0 aliphatic rings. The molecule has 0 atom stereocenters. The Morgan fingerprint density at radius 3 is 2.33 bits per heavy atom. The summed E-state index contributed by atoms with van der Waals surface area (Å²) in [6.07, 6.45) is 0. The molecule has 2 N–H and O–H groups in total.